The maximum absolute atomic E-state index is 12.5. The highest BCUT2D eigenvalue weighted by molar-refractivity contribution is 6.00. The number of aromatic nitrogens is 2. The average molecular weight is 340 g/mol. The third kappa shape index (κ3) is 2.52. The van der Waals surface area contributed by atoms with E-state index in [2.05, 4.69) is 10.4 Å². The van der Waals surface area contributed by atoms with E-state index in [0.29, 0.717) is 6.61 Å². The van der Waals surface area contributed by atoms with Gasteiger partial charge in [0.1, 0.15) is 11.7 Å². The van der Waals surface area contributed by atoms with Crippen LogP contribution in [0.25, 0.3) is 0 Å². The molecule has 1 aliphatic rings. The van der Waals surface area contributed by atoms with E-state index >= 15 is 0 Å². The fourth-order valence-corrected chi connectivity index (χ4v) is 3.06. The van der Waals surface area contributed by atoms with Crippen molar-refractivity contribution in [3.63, 3.8) is 0 Å². The van der Waals surface area contributed by atoms with Crippen LogP contribution in [0.4, 0.5) is 5.69 Å². The molecule has 1 saturated carbocycles. The monoisotopic (exact) mass is 340 g/mol. The Morgan fingerprint density at radius 1 is 1.58 bits per heavy atom. The maximum atomic E-state index is 12.5. The van der Waals surface area contributed by atoms with Gasteiger partial charge >= 0.3 is 11.7 Å². The molecule has 2 N–H and O–H groups in total. The van der Waals surface area contributed by atoms with E-state index in [-0.39, 0.29) is 12.5 Å². The highest BCUT2D eigenvalue weighted by Gasteiger charge is 2.66. The number of carboxylic acids is 1. The molecule has 0 spiro atoms. The molecule has 10 nitrogen and oxygen atoms in total. The molecule has 0 aromatic carbocycles. The van der Waals surface area contributed by atoms with Crippen molar-refractivity contribution in [2.45, 2.75) is 38.8 Å². The largest absolute Gasteiger partial charge is 0.479 e. The molecule has 2 rings (SSSR count). The molecule has 0 saturated heterocycles. The summed E-state index contributed by atoms with van der Waals surface area (Å²) in [5.41, 5.74) is -3.35. The Hall–Kier alpha value is -2.49. The fourth-order valence-electron chi connectivity index (χ4n) is 3.06. The lowest BCUT2D eigenvalue weighted by Gasteiger charge is -2.58. The quantitative estimate of drug-likeness (QED) is 0.575. The smallest absolute Gasteiger partial charge is 0.330 e. The normalized spacial score (nSPS) is 24.9. The van der Waals surface area contributed by atoms with Crippen molar-refractivity contribution in [3.8, 4) is 0 Å². The minimum absolute atomic E-state index is 0.0789. The van der Waals surface area contributed by atoms with Crippen LogP contribution in [0.2, 0.25) is 0 Å². The van der Waals surface area contributed by atoms with Crippen LogP contribution in [0.1, 0.15) is 37.7 Å². The number of carbonyl (C=O) groups is 2. The van der Waals surface area contributed by atoms with E-state index in [4.69, 9.17) is 4.74 Å². The van der Waals surface area contributed by atoms with Crippen LogP contribution in [-0.4, -0.2) is 49.9 Å². The van der Waals surface area contributed by atoms with Crippen LogP contribution in [0.3, 0.4) is 0 Å². The van der Waals surface area contributed by atoms with Crippen LogP contribution < -0.4 is 5.32 Å². The Morgan fingerprint density at radius 3 is 2.67 bits per heavy atom. The highest BCUT2D eigenvalue weighted by Crippen LogP contribution is 2.51. The van der Waals surface area contributed by atoms with Crippen molar-refractivity contribution in [2.75, 3.05) is 6.61 Å². The van der Waals surface area contributed by atoms with Crippen LogP contribution in [-0.2, 0) is 16.6 Å². The number of nitrogens with one attached hydrogen (secondary N) is 1. The molecule has 1 heterocycles. The predicted molar refractivity (Wildman–Crippen MR) is 81.5 cm³/mol. The van der Waals surface area contributed by atoms with Crippen molar-refractivity contribution >= 4 is 17.6 Å². The summed E-state index contributed by atoms with van der Waals surface area (Å²) in [4.78, 5) is 34.6. The number of nitro groups is 1. The molecule has 132 valence electrons. The summed E-state index contributed by atoms with van der Waals surface area (Å²) in [5, 5.41) is 26.9. The van der Waals surface area contributed by atoms with Gasteiger partial charge in [-0.15, -0.1) is 0 Å². The van der Waals surface area contributed by atoms with Gasteiger partial charge in [-0.25, -0.2) is 4.79 Å². The van der Waals surface area contributed by atoms with Crippen molar-refractivity contribution in [1.82, 2.24) is 15.1 Å². The lowest BCUT2D eigenvalue weighted by molar-refractivity contribution is -0.385. The first-order chi connectivity index (χ1) is 11.1. The number of amides is 1. The summed E-state index contributed by atoms with van der Waals surface area (Å²) in [6.07, 6.45) is 0.838. The van der Waals surface area contributed by atoms with E-state index in [1.165, 1.54) is 7.05 Å². The summed E-state index contributed by atoms with van der Waals surface area (Å²) < 4.78 is 6.64. The van der Waals surface area contributed by atoms with Crippen molar-refractivity contribution in [2.24, 2.45) is 12.5 Å². The molecule has 0 radical (unpaired) electrons. The van der Waals surface area contributed by atoms with Gasteiger partial charge in [0.2, 0.25) is 5.69 Å². The molecule has 1 fully saturated rings. The number of hydrogen-bond donors (Lipinski definition) is 2. The first-order valence-corrected chi connectivity index (χ1v) is 7.42. The summed E-state index contributed by atoms with van der Waals surface area (Å²) in [6.45, 7) is 5.58. The van der Waals surface area contributed by atoms with Crippen molar-refractivity contribution in [1.29, 1.82) is 0 Å². The topological polar surface area (TPSA) is 137 Å². The van der Waals surface area contributed by atoms with Gasteiger partial charge in [-0.2, -0.15) is 5.10 Å². The molecule has 0 bridgehead atoms. The highest BCUT2D eigenvalue weighted by atomic mass is 16.6. The zero-order chi connectivity index (χ0) is 18.3. The number of ether oxygens (including phenoxy) is 1. The Kier molecular flexibility index (Phi) is 4.36. The summed E-state index contributed by atoms with van der Waals surface area (Å²) in [5.74, 6) is -2.11. The first kappa shape index (κ1) is 17.9. The molecule has 2 atom stereocenters. The second kappa shape index (κ2) is 5.86. The third-order valence-corrected chi connectivity index (χ3v) is 4.68. The lowest BCUT2D eigenvalue weighted by atomic mass is 9.54. The Bertz CT molecular complexity index is 697. The second-order valence-corrected chi connectivity index (χ2v) is 6.33. The molecular weight excluding hydrogens is 320 g/mol. The van der Waals surface area contributed by atoms with Gasteiger partial charge in [0.15, 0.2) is 0 Å². The molecule has 1 aromatic rings. The summed E-state index contributed by atoms with van der Waals surface area (Å²) >= 11 is 0. The van der Waals surface area contributed by atoms with Crippen molar-refractivity contribution in [3.05, 3.63) is 22.0 Å². The Labute approximate surface area is 137 Å². The van der Waals surface area contributed by atoms with E-state index in [1.807, 2.05) is 0 Å². The van der Waals surface area contributed by atoms with E-state index in [0.717, 1.165) is 10.9 Å². The Morgan fingerprint density at radius 2 is 2.21 bits per heavy atom. The number of rotatable bonds is 6. The molecule has 2 unspecified atom stereocenters. The first-order valence-electron chi connectivity index (χ1n) is 7.42. The van der Waals surface area contributed by atoms with Gasteiger partial charge in [-0.1, -0.05) is 13.8 Å². The third-order valence-electron chi connectivity index (χ3n) is 4.68. The SMILES string of the molecule is CCOC1CC(NC(=O)c2nn(C)cc2[N+](=O)[O-])(C(=O)O)C1(C)C. The number of aliphatic carboxylic acids is 1. The van der Waals surface area contributed by atoms with Gasteiger partial charge in [0, 0.05) is 25.5 Å². The summed E-state index contributed by atoms with van der Waals surface area (Å²) in [7, 11) is 1.44. The van der Waals surface area contributed by atoms with Gasteiger partial charge in [0.05, 0.1) is 11.0 Å². The standard InChI is InChI=1S/C14H20N4O6/c1-5-24-9-6-14(12(20)21,13(9,2)3)15-11(19)10-8(18(22)23)7-17(4)16-10/h7,9H,5-6H2,1-4H3,(H,15,19)(H,20,21). The van der Waals surface area contributed by atoms with Gasteiger partial charge in [0.25, 0.3) is 5.91 Å². The molecular formula is C14H20N4O6. The number of carbonyl (C=O) groups excluding carboxylic acids is 1. The molecule has 0 aliphatic heterocycles. The molecule has 1 aliphatic carbocycles. The van der Waals surface area contributed by atoms with E-state index in [9.17, 15) is 24.8 Å². The van der Waals surface area contributed by atoms with Gasteiger partial charge in [-0.3, -0.25) is 19.6 Å². The second-order valence-electron chi connectivity index (χ2n) is 6.33. The van der Waals surface area contributed by atoms with Crippen LogP contribution >= 0.6 is 0 Å². The molecule has 24 heavy (non-hydrogen) atoms. The average Bonchev–Trinajstić information content (AvgIpc) is 2.87. The van der Waals surface area contributed by atoms with Crippen molar-refractivity contribution < 1.29 is 24.4 Å². The van der Waals surface area contributed by atoms with Crippen LogP contribution in [0.5, 0.6) is 0 Å². The van der Waals surface area contributed by atoms with Crippen LogP contribution in [0, 0.1) is 15.5 Å². The number of hydrogen-bond acceptors (Lipinski definition) is 6. The minimum atomic E-state index is -1.57. The minimum Gasteiger partial charge on any atom is -0.479 e. The maximum Gasteiger partial charge on any atom is 0.330 e. The zero-order valence-electron chi connectivity index (χ0n) is 13.9. The number of nitrogens with zero attached hydrogens (tertiary/aromatic N) is 3. The molecule has 1 aromatic heterocycles. The molecule has 1 amide bonds. The Balaban J connectivity index is 2.32. The van der Waals surface area contributed by atoms with Gasteiger partial charge < -0.3 is 15.2 Å². The predicted octanol–water partition coefficient (Wildman–Crippen LogP) is 0.716. The van der Waals surface area contributed by atoms with Gasteiger partial charge in [-0.05, 0) is 6.92 Å². The lowest BCUT2D eigenvalue weighted by Crippen LogP contribution is -2.76. The van der Waals surface area contributed by atoms with E-state index < -0.39 is 39.1 Å². The fraction of sp³-hybridized carbons (Fsp3) is 0.643. The van der Waals surface area contributed by atoms with E-state index in [1.54, 1.807) is 20.8 Å². The number of carboxylic acid groups (broad SMARTS) is 1. The molecule has 10 heteroatoms. The zero-order valence-corrected chi connectivity index (χ0v) is 13.9. The van der Waals surface area contributed by atoms with Crippen LogP contribution in [0.15, 0.2) is 6.20 Å². The number of aryl methyl sites for hydroxylation is 1. The summed E-state index contributed by atoms with van der Waals surface area (Å²) in [6, 6.07) is 0.